The van der Waals surface area contributed by atoms with Crippen molar-refractivity contribution in [1.29, 1.82) is 0 Å². The van der Waals surface area contributed by atoms with Crippen LogP contribution in [0.25, 0.3) is 0 Å². The van der Waals surface area contributed by atoms with Gasteiger partial charge in [-0.2, -0.15) is 0 Å². The molecule has 0 bridgehead atoms. The summed E-state index contributed by atoms with van der Waals surface area (Å²) in [5.74, 6) is 6.34. The lowest BCUT2D eigenvalue weighted by atomic mass is 9.61. The first-order valence-electron chi connectivity index (χ1n) is 7.15. The summed E-state index contributed by atoms with van der Waals surface area (Å²) in [5.41, 5.74) is 0. The molecule has 88 valence electrons. The van der Waals surface area contributed by atoms with E-state index in [2.05, 4.69) is 27.7 Å². The van der Waals surface area contributed by atoms with E-state index < -0.39 is 0 Å². The van der Waals surface area contributed by atoms with Crippen molar-refractivity contribution in [2.24, 2.45) is 35.5 Å². The molecule has 0 N–H and O–H groups in total. The van der Waals surface area contributed by atoms with Crippen LogP contribution >= 0.6 is 0 Å². The largest absolute Gasteiger partial charge is 0.0654 e. The maximum absolute atomic E-state index is 2.51. The lowest BCUT2D eigenvalue weighted by Crippen LogP contribution is -2.37. The van der Waals surface area contributed by atoms with Crippen molar-refractivity contribution in [3.05, 3.63) is 0 Å². The lowest BCUT2D eigenvalue weighted by molar-refractivity contribution is 0.0501. The zero-order valence-electron chi connectivity index (χ0n) is 11.0. The SMILES string of the molecule is CCCCC(C)C1CC(C)C2C(C)CC12. The molecule has 0 aromatic rings. The third-order valence-electron chi connectivity index (χ3n) is 5.39. The van der Waals surface area contributed by atoms with Crippen LogP contribution in [-0.4, -0.2) is 0 Å². The number of rotatable bonds is 4. The monoisotopic (exact) mass is 208 g/mol. The Hall–Kier alpha value is 0. The molecule has 2 fully saturated rings. The van der Waals surface area contributed by atoms with Crippen molar-refractivity contribution in [2.75, 3.05) is 0 Å². The molecule has 15 heavy (non-hydrogen) atoms. The van der Waals surface area contributed by atoms with Crippen LogP contribution in [0.3, 0.4) is 0 Å². The Morgan fingerprint density at radius 1 is 1.13 bits per heavy atom. The summed E-state index contributed by atoms with van der Waals surface area (Å²) in [6, 6.07) is 0. The third-order valence-corrected chi connectivity index (χ3v) is 5.39. The minimum atomic E-state index is 0.995. The normalized spacial score (nSPS) is 46.0. The van der Waals surface area contributed by atoms with E-state index >= 15 is 0 Å². The second-order valence-corrected chi connectivity index (χ2v) is 6.45. The van der Waals surface area contributed by atoms with Gasteiger partial charge in [-0.05, 0) is 48.3 Å². The highest BCUT2D eigenvalue weighted by Crippen LogP contribution is 2.58. The Kier molecular flexibility index (Phi) is 3.42. The highest BCUT2D eigenvalue weighted by molar-refractivity contribution is 5.00. The van der Waals surface area contributed by atoms with Crippen LogP contribution in [0.15, 0.2) is 0 Å². The van der Waals surface area contributed by atoms with Gasteiger partial charge in [-0.1, -0.05) is 47.0 Å². The Morgan fingerprint density at radius 3 is 2.33 bits per heavy atom. The average Bonchev–Trinajstić information content (AvgIpc) is 2.45. The van der Waals surface area contributed by atoms with E-state index in [-0.39, 0.29) is 0 Å². The number of hydrogen-bond donors (Lipinski definition) is 0. The van der Waals surface area contributed by atoms with Gasteiger partial charge in [-0.3, -0.25) is 0 Å². The molecule has 2 rings (SSSR count). The summed E-state index contributed by atoms with van der Waals surface area (Å²) in [6.45, 7) is 9.80. The Balaban J connectivity index is 1.89. The van der Waals surface area contributed by atoms with Crippen LogP contribution in [0.2, 0.25) is 0 Å². The molecule has 0 heterocycles. The van der Waals surface area contributed by atoms with Gasteiger partial charge < -0.3 is 0 Å². The van der Waals surface area contributed by atoms with Gasteiger partial charge in [-0.25, -0.2) is 0 Å². The zero-order chi connectivity index (χ0) is 11.0. The lowest BCUT2D eigenvalue weighted by Gasteiger charge is -2.44. The van der Waals surface area contributed by atoms with E-state index in [1.165, 1.54) is 32.1 Å². The van der Waals surface area contributed by atoms with Crippen molar-refractivity contribution in [3.63, 3.8) is 0 Å². The van der Waals surface area contributed by atoms with E-state index in [9.17, 15) is 0 Å². The molecule has 0 spiro atoms. The number of fused-ring (bicyclic) bond motifs is 1. The molecule has 0 amide bonds. The molecule has 6 unspecified atom stereocenters. The summed E-state index contributed by atoms with van der Waals surface area (Å²) in [4.78, 5) is 0. The predicted octanol–water partition coefficient (Wildman–Crippen LogP) is 4.74. The Morgan fingerprint density at radius 2 is 1.80 bits per heavy atom. The maximum Gasteiger partial charge on any atom is -0.0331 e. The standard InChI is InChI=1S/C15H28/c1-5-6-7-10(2)13-8-11(3)15-12(4)9-14(13)15/h10-15H,5-9H2,1-4H3. The van der Waals surface area contributed by atoms with Crippen LogP contribution < -0.4 is 0 Å². The summed E-state index contributed by atoms with van der Waals surface area (Å²) in [5, 5.41) is 0. The van der Waals surface area contributed by atoms with Gasteiger partial charge in [0.05, 0.1) is 0 Å². The summed E-state index contributed by atoms with van der Waals surface area (Å²) in [6.07, 6.45) is 7.36. The fourth-order valence-electron chi connectivity index (χ4n) is 4.57. The molecular formula is C15H28. The van der Waals surface area contributed by atoms with E-state index in [0.29, 0.717) is 0 Å². The Labute approximate surface area is 95.8 Å². The fraction of sp³-hybridized carbons (Fsp3) is 1.00. The molecule has 0 aromatic carbocycles. The molecule has 2 aliphatic rings. The van der Waals surface area contributed by atoms with Crippen LogP contribution in [0.5, 0.6) is 0 Å². The average molecular weight is 208 g/mol. The predicted molar refractivity (Wildman–Crippen MR) is 66.7 cm³/mol. The quantitative estimate of drug-likeness (QED) is 0.626. The van der Waals surface area contributed by atoms with Gasteiger partial charge in [0.1, 0.15) is 0 Å². The van der Waals surface area contributed by atoms with Gasteiger partial charge in [0.2, 0.25) is 0 Å². The van der Waals surface area contributed by atoms with Gasteiger partial charge >= 0.3 is 0 Å². The van der Waals surface area contributed by atoms with E-state index in [0.717, 1.165) is 35.5 Å². The van der Waals surface area contributed by atoms with E-state index in [4.69, 9.17) is 0 Å². The van der Waals surface area contributed by atoms with Crippen LogP contribution in [0, 0.1) is 35.5 Å². The number of unbranched alkanes of at least 4 members (excludes halogenated alkanes) is 1. The van der Waals surface area contributed by atoms with Crippen molar-refractivity contribution in [2.45, 2.75) is 59.8 Å². The first-order chi connectivity index (χ1) is 7.15. The molecule has 0 nitrogen and oxygen atoms in total. The zero-order valence-corrected chi connectivity index (χ0v) is 11.0. The van der Waals surface area contributed by atoms with Crippen molar-refractivity contribution in [1.82, 2.24) is 0 Å². The van der Waals surface area contributed by atoms with Crippen LogP contribution in [0.1, 0.15) is 59.8 Å². The molecule has 2 aliphatic carbocycles. The summed E-state index contributed by atoms with van der Waals surface area (Å²) in [7, 11) is 0. The van der Waals surface area contributed by atoms with Crippen LogP contribution in [0.4, 0.5) is 0 Å². The summed E-state index contributed by atoms with van der Waals surface area (Å²) >= 11 is 0. The van der Waals surface area contributed by atoms with Gasteiger partial charge in [0, 0.05) is 0 Å². The second-order valence-electron chi connectivity index (χ2n) is 6.45. The van der Waals surface area contributed by atoms with E-state index in [1.54, 1.807) is 0 Å². The van der Waals surface area contributed by atoms with Gasteiger partial charge in [0.15, 0.2) is 0 Å². The molecular weight excluding hydrogens is 180 g/mol. The molecule has 0 aromatic heterocycles. The smallest absolute Gasteiger partial charge is 0.0331 e. The number of hydrogen-bond acceptors (Lipinski definition) is 0. The summed E-state index contributed by atoms with van der Waals surface area (Å²) < 4.78 is 0. The van der Waals surface area contributed by atoms with E-state index in [1.807, 2.05) is 0 Å². The maximum atomic E-state index is 2.51. The molecule has 0 heteroatoms. The van der Waals surface area contributed by atoms with Crippen molar-refractivity contribution in [3.8, 4) is 0 Å². The molecule has 0 aliphatic heterocycles. The first-order valence-corrected chi connectivity index (χ1v) is 7.15. The highest BCUT2D eigenvalue weighted by atomic mass is 14.6. The second kappa shape index (κ2) is 4.47. The topological polar surface area (TPSA) is 0 Å². The third kappa shape index (κ3) is 1.97. The highest BCUT2D eigenvalue weighted by Gasteiger charge is 2.51. The minimum absolute atomic E-state index is 0.995. The molecule has 0 saturated heterocycles. The van der Waals surface area contributed by atoms with Crippen LogP contribution in [-0.2, 0) is 0 Å². The first kappa shape index (κ1) is 11.5. The van der Waals surface area contributed by atoms with Gasteiger partial charge in [0.25, 0.3) is 0 Å². The molecule has 2 saturated carbocycles. The minimum Gasteiger partial charge on any atom is -0.0654 e. The van der Waals surface area contributed by atoms with Gasteiger partial charge in [-0.15, -0.1) is 0 Å². The Bertz CT molecular complexity index is 208. The molecule has 6 atom stereocenters. The van der Waals surface area contributed by atoms with Crippen molar-refractivity contribution >= 4 is 0 Å². The molecule has 0 radical (unpaired) electrons. The van der Waals surface area contributed by atoms with Crippen molar-refractivity contribution < 1.29 is 0 Å². The fourth-order valence-corrected chi connectivity index (χ4v) is 4.57.